The van der Waals surface area contributed by atoms with Crippen LogP contribution in [0.15, 0.2) is 48.5 Å². The number of rotatable bonds is 6. The Morgan fingerprint density at radius 3 is 2.39 bits per heavy atom. The molecule has 0 radical (unpaired) electrons. The summed E-state index contributed by atoms with van der Waals surface area (Å²) < 4.78 is 28.6. The Morgan fingerprint density at radius 2 is 1.68 bits per heavy atom. The van der Waals surface area contributed by atoms with E-state index in [0.717, 1.165) is 22.3 Å². The zero-order chi connectivity index (χ0) is 20.1. The summed E-state index contributed by atoms with van der Waals surface area (Å²) in [6, 6.07) is 15.7. The van der Waals surface area contributed by atoms with Gasteiger partial charge in [-0.15, -0.1) is 0 Å². The third kappa shape index (κ3) is 4.98. The van der Waals surface area contributed by atoms with E-state index in [1.165, 1.54) is 8.61 Å². The number of hydrogen-bond acceptors (Lipinski definition) is 3. The molecule has 1 saturated heterocycles. The summed E-state index contributed by atoms with van der Waals surface area (Å²) in [7, 11) is -3.66. The minimum absolute atomic E-state index is 0.154. The van der Waals surface area contributed by atoms with Gasteiger partial charge in [-0.1, -0.05) is 54.1 Å². The summed E-state index contributed by atoms with van der Waals surface area (Å²) in [4.78, 5) is 12.3. The van der Waals surface area contributed by atoms with E-state index in [1.54, 1.807) is 0 Å². The third-order valence-electron chi connectivity index (χ3n) is 5.01. The number of carbonyl (C=O) groups is 1. The number of amides is 1. The van der Waals surface area contributed by atoms with Crippen molar-refractivity contribution in [1.82, 2.24) is 13.9 Å². The summed E-state index contributed by atoms with van der Waals surface area (Å²) in [5.74, 6) is -0.290. The third-order valence-corrected chi connectivity index (χ3v) is 6.93. The van der Waals surface area contributed by atoms with Gasteiger partial charge >= 0.3 is 0 Å². The van der Waals surface area contributed by atoms with Crippen molar-refractivity contribution in [3.8, 4) is 0 Å². The normalized spacial score (nSPS) is 17.4. The summed E-state index contributed by atoms with van der Waals surface area (Å²) in [5, 5.41) is 2.81. The molecule has 0 spiro atoms. The fourth-order valence-corrected chi connectivity index (χ4v) is 4.87. The van der Waals surface area contributed by atoms with Gasteiger partial charge in [0.25, 0.3) is 10.2 Å². The molecule has 6 nitrogen and oxygen atoms in total. The Bertz CT molecular complexity index is 926. The number of hydrogen-bond donors (Lipinski definition) is 1. The molecule has 2 aromatic rings. The van der Waals surface area contributed by atoms with Gasteiger partial charge in [-0.25, -0.2) is 0 Å². The fourth-order valence-electron chi connectivity index (χ4n) is 3.24. The maximum atomic E-state index is 12.9. The highest BCUT2D eigenvalue weighted by atomic mass is 32.2. The van der Waals surface area contributed by atoms with Crippen molar-refractivity contribution in [2.24, 2.45) is 0 Å². The second-order valence-electron chi connectivity index (χ2n) is 7.22. The molecular weight excluding hydrogens is 374 g/mol. The van der Waals surface area contributed by atoms with E-state index in [1.807, 2.05) is 62.4 Å². The first-order valence-electron chi connectivity index (χ1n) is 9.48. The Labute approximate surface area is 167 Å². The highest BCUT2D eigenvalue weighted by Gasteiger charge is 2.34. The average molecular weight is 402 g/mol. The number of carbonyl (C=O) groups excluding carboxylic acids is 1. The van der Waals surface area contributed by atoms with E-state index in [9.17, 15) is 13.2 Å². The molecule has 0 aliphatic carbocycles. The highest BCUT2D eigenvalue weighted by Crippen LogP contribution is 2.20. The summed E-state index contributed by atoms with van der Waals surface area (Å²) in [6.07, 6.45) is 0.705. The molecule has 0 atom stereocenters. The van der Waals surface area contributed by atoms with Crippen LogP contribution >= 0.6 is 0 Å². The van der Waals surface area contributed by atoms with Crippen LogP contribution in [0.1, 0.15) is 28.7 Å². The monoisotopic (exact) mass is 401 g/mol. The maximum absolute atomic E-state index is 12.9. The van der Waals surface area contributed by atoms with Crippen molar-refractivity contribution in [2.75, 3.05) is 19.6 Å². The molecule has 0 bridgehead atoms. The van der Waals surface area contributed by atoms with Gasteiger partial charge in [-0.05, 0) is 37.0 Å². The predicted molar refractivity (Wildman–Crippen MR) is 110 cm³/mol. The smallest absolute Gasteiger partial charge is 0.282 e. The minimum Gasteiger partial charge on any atom is -0.351 e. The van der Waals surface area contributed by atoms with Crippen LogP contribution in [0.3, 0.4) is 0 Å². The lowest BCUT2D eigenvalue weighted by atomic mass is 10.1. The number of benzene rings is 2. The molecule has 0 aromatic heterocycles. The second-order valence-corrected chi connectivity index (χ2v) is 9.15. The van der Waals surface area contributed by atoms with Crippen LogP contribution in [0.5, 0.6) is 0 Å². The average Bonchev–Trinajstić information content (AvgIpc) is 2.66. The predicted octanol–water partition coefficient (Wildman–Crippen LogP) is 2.37. The molecule has 150 valence electrons. The van der Waals surface area contributed by atoms with Gasteiger partial charge in [0.05, 0.1) is 6.54 Å². The standard InChI is InChI=1S/C21H27N3O3S/c1-17-8-10-19(11-9-17)14-22-21(25)16-24-13-5-12-23(28(24,26)27)15-20-7-4-3-6-18(20)2/h3-4,6-11H,5,12-16H2,1-2H3,(H,22,25). The zero-order valence-electron chi connectivity index (χ0n) is 16.4. The van der Waals surface area contributed by atoms with E-state index < -0.39 is 10.2 Å². The lowest BCUT2D eigenvalue weighted by molar-refractivity contribution is -0.121. The Morgan fingerprint density at radius 1 is 1.00 bits per heavy atom. The summed E-state index contributed by atoms with van der Waals surface area (Å²) in [5.41, 5.74) is 4.19. The van der Waals surface area contributed by atoms with Gasteiger partial charge in [0.2, 0.25) is 5.91 Å². The van der Waals surface area contributed by atoms with Crippen molar-refractivity contribution in [1.29, 1.82) is 0 Å². The highest BCUT2D eigenvalue weighted by molar-refractivity contribution is 7.86. The van der Waals surface area contributed by atoms with Gasteiger partial charge in [-0.3, -0.25) is 4.79 Å². The van der Waals surface area contributed by atoms with E-state index in [2.05, 4.69) is 5.32 Å². The largest absolute Gasteiger partial charge is 0.351 e. The first-order valence-corrected chi connectivity index (χ1v) is 10.9. The molecule has 1 fully saturated rings. The van der Waals surface area contributed by atoms with Crippen LogP contribution in [0.4, 0.5) is 0 Å². The molecule has 1 aliphatic rings. The quantitative estimate of drug-likeness (QED) is 0.808. The van der Waals surface area contributed by atoms with Gasteiger partial charge < -0.3 is 5.32 Å². The van der Waals surface area contributed by atoms with Crippen molar-refractivity contribution in [3.05, 3.63) is 70.8 Å². The van der Waals surface area contributed by atoms with Crippen LogP contribution in [0, 0.1) is 13.8 Å². The first-order chi connectivity index (χ1) is 13.4. The zero-order valence-corrected chi connectivity index (χ0v) is 17.2. The van der Waals surface area contributed by atoms with Crippen molar-refractivity contribution in [2.45, 2.75) is 33.4 Å². The van der Waals surface area contributed by atoms with Crippen molar-refractivity contribution >= 4 is 16.1 Å². The molecule has 3 rings (SSSR count). The topological polar surface area (TPSA) is 69.7 Å². The van der Waals surface area contributed by atoms with Crippen LogP contribution in [0.25, 0.3) is 0 Å². The van der Waals surface area contributed by atoms with Gasteiger partial charge in [-0.2, -0.15) is 17.0 Å². The lowest BCUT2D eigenvalue weighted by Crippen LogP contribution is -2.52. The first kappa shape index (κ1) is 20.5. The molecule has 1 amide bonds. The van der Waals surface area contributed by atoms with E-state index in [4.69, 9.17) is 0 Å². The molecule has 1 aliphatic heterocycles. The SMILES string of the molecule is Cc1ccc(CNC(=O)CN2CCCN(Cc3ccccc3C)S2(=O)=O)cc1. The minimum atomic E-state index is -3.66. The molecular formula is C21H27N3O3S. The van der Waals surface area contributed by atoms with Crippen LogP contribution in [-0.2, 0) is 28.1 Å². The Hall–Kier alpha value is -2.22. The van der Waals surface area contributed by atoms with E-state index >= 15 is 0 Å². The van der Waals surface area contributed by atoms with Crippen LogP contribution < -0.4 is 5.32 Å². The van der Waals surface area contributed by atoms with Crippen LogP contribution in [-0.4, -0.2) is 42.6 Å². The Kier molecular flexibility index (Phi) is 6.49. The maximum Gasteiger partial charge on any atom is 0.282 e. The molecule has 2 aromatic carbocycles. The van der Waals surface area contributed by atoms with Gasteiger partial charge in [0, 0.05) is 26.2 Å². The molecule has 7 heteroatoms. The van der Waals surface area contributed by atoms with Crippen molar-refractivity contribution in [3.63, 3.8) is 0 Å². The molecule has 0 unspecified atom stereocenters. The molecule has 28 heavy (non-hydrogen) atoms. The van der Waals surface area contributed by atoms with E-state index in [-0.39, 0.29) is 12.5 Å². The van der Waals surface area contributed by atoms with Crippen LogP contribution in [0.2, 0.25) is 0 Å². The van der Waals surface area contributed by atoms with Gasteiger partial charge in [0.1, 0.15) is 0 Å². The molecule has 1 heterocycles. The number of nitrogens with zero attached hydrogens (tertiary/aromatic N) is 2. The van der Waals surface area contributed by atoms with E-state index in [0.29, 0.717) is 32.6 Å². The molecule has 1 N–H and O–H groups in total. The summed E-state index contributed by atoms with van der Waals surface area (Å²) in [6.45, 7) is 5.38. The lowest BCUT2D eigenvalue weighted by Gasteiger charge is -2.34. The number of nitrogens with one attached hydrogen (secondary N) is 1. The fraction of sp³-hybridized carbons (Fsp3) is 0.381. The Balaban J connectivity index is 1.60. The van der Waals surface area contributed by atoms with Crippen molar-refractivity contribution < 1.29 is 13.2 Å². The second kappa shape index (κ2) is 8.86. The number of aryl methyl sites for hydroxylation is 2. The molecule has 0 saturated carbocycles. The van der Waals surface area contributed by atoms with Gasteiger partial charge in [0.15, 0.2) is 0 Å². The summed E-state index contributed by atoms with van der Waals surface area (Å²) >= 11 is 0.